The summed E-state index contributed by atoms with van der Waals surface area (Å²) in [4.78, 5) is 51.4. The third-order valence-corrected chi connectivity index (χ3v) is 6.09. The summed E-state index contributed by atoms with van der Waals surface area (Å²) in [5.41, 5.74) is 18.1. The van der Waals surface area contributed by atoms with Crippen molar-refractivity contribution in [1.82, 2.24) is 16.0 Å². The minimum absolute atomic E-state index is 0.124. The Balaban J connectivity index is 2.14. The van der Waals surface area contributed by atoms with E-state index in [-0.39, 0.29) is 12.3 Å². The third kappa shape index (κ3) is 10.7. The van der Waals surface area contributed by atoms with Crippen LogP contribution in [0.2, 0.25) is 0 Å². The maximum Gasteiger partial charge on any atom is 0.244 e. The maximum atomic E-state index is 13.3. The lowest BCUT2D eigenvalue weighted by atomic mass is 10.0. The molecule has 2 rings (SSSR count). The van der Waals surface area contributed by atoms with Gasteiger partial charge in [-0.25, -0.2) is 0 Å². The lowest BCUT2D eigenvalue weighted by molar-refractivity contribution is -0.133. The summed E-state index contributed by atoms with van der Waals surface area (Å²) < 4.78 is 0. The van der Waals surface area contributed by atoms with Crippen molar-refractivity contribution in [3.05, 3.63) is 71.8 Å². The van der Waals surface area contributed by atoms with E-state index in [4.69, 9.17) is 17.2 Å². The van der Waals surface area contributed by atoms with Gasteiger partial charge in [0.15, 0.2) is 0 Å². The maximum absolute atomic E-state index is 13.3. The van der Waals surface area contributed by atoms with Gasteiger partial charge in [-0.1, -0.05) is 60.7 Å². The van der Waals surface area contributed by atoms with Gasteiger partial charge in [0.25, 0.3) is 0 Å². The molecule has 2 aromatic rings. The zero-order chi connectivity index (χ0) is 27.8. The molecule has 9 N–H and O–H groups in total. The van der Waals surface area contributed by atoms with E-state index in [1.807, 2.05) is 30.3 Å². The highest BCUT2D eigenvalue weighted by Crippen LogP contribution is 2.13. The SMILES string of the molecule is NCCCC[C@H](NC(=O)Cc1ccccc1)C(=O)N[C@@H](CCCCN)C(=O)N[C@@H](C(N)=O)c1ccccc1. The number of hydrogen-bond acceptors (Lipinski definition) is 6. The molecular formula is C28H40N6O4. The Labute approximate surface area is 224 Å². The second-order valence-corrected chi connectivity index (χ2v) is 9.17. The smallest absolute Gasteiger partial charge is 0.244 e. The average molecular weight is 525 g/mol. The Hall–Kier alpha value is -3.76. The topological polar surface area (TPSA) is 182 Å². The number of hydrogen-bond donors (Lipinski definition) is 6. The molecule has 0 fully saturated rings. The summed E-state index contributed by atoms with van der Waals surface area (Å²) >= 11 is 0. The number of rotatable bonds is 17. The van der Waals surface area contributed by atoms with Gasteiger partial charge in [0.1, 0.15) is 18.1 Å². The van der Waals surface area contributed by atoms with Crippen LogP contribution in [0.25, 0.3) is 0 Å². The van der Waals surface area contributed by atoms with Crippen LogP contribution >= 0.6 is 0 Å². The van der Waals surface area contributed by atoms with Crippen LogP contribution in [0.3, 0.4) is 0 Å². The molecule has 3 atom stereocenters. The van der Waals surface area contributed by atoms with Gasteiger partial charge in [-0.3, -0.25) is 19.2 Å². The first kappa shape index (κ1) is 30.5. The van der Waals surface area contributed by atoms with Crippen LogP contribution < -0.4 is 33.2 Å². The van der Waals surface area contributed by atoms with Crippen molar-refractivity contribution in [1.29, 1.82) is 0 Å². The van der Waals surface area contributed by atoms with Gasteiger partial charge in [0.05, 0.1) is 6.42 Å². The molecule has 0 saturated carbocycles. The molecule has 10 nitrogen and oxygen atoms in total. The van der Waals surface area contributed by atoms with Crippen LogP contribution in [0.1, 0.15) is 55.7 Å². The summed E-state index contributed by atoms with van der Waals surface area (Å²) in [5, 5.41) is 8.25. The summed E-state index contributed by atoms with van der Waals surface area (Å²) in [6, 6.07) is 15.0. The van der Waals surface area contributed by atoms with E-state index in [0.717, 1.165) is 5.56 Å². The first-order chi connectivity index (χ1) is 18.3. The van der Waals surface area contributed by atoms with E-state index in [0.29, 0.717) is 57.2 Å². The monoisotopic (exact) mass is 524 g/mol. The van der Waals surface area contributed by atoms with Crippen molar-refractivity contribution in [3.8, 4) is 0 Å². The zero-order valence-corrected chi connectivity index (χ0v) is 21.7. The molecule has 38 heavy (non-hydrogen) atoms. The summed E-state index contributed by atoms with van der Waals surface area (Å²) in [6.45, 7) is 0.901. The van der Waals surface area contributed by atoms with Crippen molar-refractivity contribution in [2.45, 2.75) is 63.1 Å². The van der Waals surface area contributed by atoms with Crippen molar-refractivity contribution in [3.63, 3.8) is 0 Å². The standard InChI is InChI=1S/C28H40N6O4/c29-17-9-7-15-22(32-24(35)19-20-11-3-1-4-12-20)27(37)33-23(16-8-10-18-30)28(38)34-25(26(31)36)21-13-5-2-6-14-21/h1-6,11-14,22-23,25H,7-10,15-19,29-30H2,(H2,31,36)(H,32,35)(H,33,37)(H,34,38)/t22-,23-,25+/m0/s1. The molecule has 0 spiro atoms. The van der Waals surface area contributed by atoms with E-state index in [2.05, 4.69) is 16.0 Å². The van der Waals surface area contributed by atoms with Gasteiger partial charge >= 0.3 is 0 Å². The molecule has 0 aliphatic carbocycles. The highest BCUT2D eigenvalue weighted by atomic mass is 16.2. The largest absolute Gasteiger partial charge is 0.368 e. The van der Waals surface area contributed by atoms with Crippen LogP contribution in [0.5, 0.6) is 0 Å². The molecule has 10 heteroatoms. The Kier molecular flexibility index (Phi) is 13.5. The number of unbranched alkanes of at least 4 members (excludes halogenated alkanes) is 2. The molecule has 4 amide bonds. The van der Waals surface area contributed by atoms with E-state index in [1.165, 1.54) is 0 Å². The van der Waals surface area contributed by atoms with Gasteiger partial charge < -0.3 is 33.2 Å². The number of carbonyl (C=O) groups is 4. The first-order valence-corrected chi connectivity index (χ1v) is 13.0. The predicted molar refractivity (Wildman–Crippen MR) is 146 cm³/mol. The first-order valence-electron chi connectivity index (χ1n) is 13.0. The van der Waals surface area contributed by atoms with E-state index in [9.17, 15) is 19.2 Å². The molecule has 0 aliphatic heterocycles. The van der Waals surface area contributed by atoms with Crippen molar-refractivity contribution in [2.24, 2.45) is 17.2 Å². The molecule has 0 aliphatic rings. The fourth-order valence-corrected chi connectivity index (χ4v) is 4.03. The zero-order valence-electron chi connectivity index (χ0n) is 21.7. The van der Waals surface area contributed by atoms with E-state index in [1.54, 1.807) is 30.3 Å². The second kappa shape index (κ2) is 16.9. The van der Waals surface area contributed by atoms with Crippen molar-refractivity contribution < 1.29 is 19.2 Å². The number of nitrogens with two attached hydrogens (primary N) is 3. The fraction of sp³-hybridized carbons (Fsp3) is 0.429. The second-order valence-electron chi connectivity index (χ2n) is 9.17. The third-order valence-electron chi connectivity index (χ3n) is 6.09. The molecular weight excluding hydrogens is 484 g/mol. The van der Waals surface area contributed by atoms with Gasteiger partial charge in [-0.05, 0) is 62.7 Å². The van der Waals surface area contributed by atoms with Crippen LogP contribution in [-0.2, 0) is 25.6 Å². The molecule has 2 aromatic carbocycles. The Bertz CT molecular complexity index is 1020. The predicted octanol–water partition coefficient (Wildman–Crippen LogP) is 0.800. The van der Waals surface area contributed by atoms with E-state index >= 15 is 0 Å². The quantitative estimate of drug-likeness (QED) is 0.166. The lowest BCUT2D eigenvalue weighted by Crippen LogP contribution is -2.55. The number of amides is 4. The molecule has 0 bridgehead atoms. The summed E-state index contributed by atoms with van der Waals surface area (Å²) in [6.07, 6.45) is 3.36. The fourth-order valence-electron chi connectivity index (χ4n) is 4.03. The Morgan fingerprint density at radius 3 is 1.68 bits per heavy atom. The van der Waals surface area contributed by atoms with Crippen LogP contribution in [0, 0.1) is 0 Å². The highest BCUT2D eigenvalue weighted by molar-refractivity contribution is 5.94. The Morgan fingerprint density at radius 2 is 1.16 bits per heavy atom. The normalized spacial score (nSPS) is 13.1. The number of benzene rings is 2. The lowest BCUT2D eigenvalue weighted by Gasteiger charge is -2.25. The molecule has 0 unspecified atom stereocenters. The van der Waals surface area contributed by atoms with Crippen molar-refractivity contribution >= 4 is 23.6 Å². The summed E-state index contributed by atoms with van der Waals surface area (Å²) in [7, 11) is 0. The summed E-state index contributed by atoms with van der Waals surface area (Å²) in [5.74, 6) is -2.04. The van der Waals surface area contributed by atoms with Gasteiger partial charge in [-0.15, -0.1) is 0 Å². The van der Waals surface area contributed by atoms with E-state index < -0.39 is 35.8 Å². The minimum Gasteiger partial charge on any atom is -0.368 e. The average Bonchev–Trinajstić information content (AvgIpc) is 2.91. The van der Waals surface area contributed by atoms with Gasteiger partial charge in [0.2, 0.25) is 23.6 Å². The van der Waals surface area contributed by atoms with Crippen LogP contribution in [-0.4, -0.2) is 48.8 Å². The number of nitrogens with one attached hydrogen (secondary N) is 3. The van der Waals surface area contributed by atoms with Crippen LogP contribution in [0.15, 0.2) is 60.7 Å². The molecule has 0 aromatic heterocycles. The molecule has 0 radical (unpaired) electrons. The van der Waals surface area contributed by atoms with Gasteiger partial charge in [-0.2, -0.15) is 0 Å². The molecule has 0 heterocycles. The van der Waals surface area contributed by atoms with Crippen LogP contribution in [0.4, 0.5) is 0 Å². The number of primary amides is 1. The molecule has 206 valence electrons. The molecule has 0 saturated heterocycles. The van der Waals surface area contributed by atoms with Gasteiger partial charge in [0, 0.05) is 0 Å². The highest BCUT2D eigenvalue weighted by Gasteiger charge is 2.29. The minimum atomic E-state index is -1.05. The number of carbonyl (C=O) groups excluding carboxylic acids is 4. The Morgan fingerprint density at radius 1 is 0.658 bits per heavy atom. The van der Waals surface area contributed by atoms with Crippen molar-refractivity contribution in [2.75, 3.05) is 13.1 Å².